The van der Waals surface area contributed by atoms with Gasteiger partial charge in [0.15, 0.2) is 0 Å². The van der Waals surface area contributed by atoms with Crippen LogP contribution in [0.1, 0.15) is 10.4 Å². The zero-order valence-corrected chi connectivity index (χ0v) is 12.6. The van der Waals surface area contributed by atoms with E-state index in [0.717, 1.165) is 16.7 Å². The van der Waals surface area contributed by atoms with Crippen LogP contribution in [0.2, 0.25) is 0 Å². The van der Waals surface area contributed by atoms with Crippen LogP contribution in [0, 0.1) is 9.39 Å². The monoisotopic (exact) mass is 378 g/mol. The van der Waals surface area contributed by atoms with E-state index in [1.165, 1.54) is 12.1 Å². The number of rotatable bonds is 3. The Labute approximate surface area is 125 Å². The number of piperazine rings is 1. The van der Waals surface area contributed by atoms with Gasteiger partial charge in [-0.3, -0.25) is 9.69 Å². The Balaban J connectivity index is 2.03. The number of benzene rings is 1. The summed E-state index contributed by atoms with van der Waals surface area (Å²) in [4.78, 5) is 16.2. The minimum absolute atomic E-state index is 0.118. The van der Waals surface area contributed by atoms with Gasteiger partial charge >= 0.3 is 0 Å². The van der Waals surface area contributed by atoms with E-state index in [2.05, 4.69) is 4.90 Å². The second-order valence-electron chi connectivity index (χ2n) is 4.48. The lowest BCUT2D eigenvalue weighted by molar-refractivity contribution is 0.0613. The smallest absolute Gasteiger partial charge is 0.255 e. The highest BCUT2D eigenvalue weighted by Gasteiger charge is 2.23. The molecule has 1 aromatic carbocycles. The molecule has 6 heteroatoms. The van der Waals surface area contributed by atoms with Crippen molar-refractivity contribution in [1.29, 1.82) is 0 Å². The first-order valence-corrected chi connectivity index (χ1v) is 7.27. The number of aliphatic hydroxyl groups excluding tert-OH is 1. The summed E-state index contributed by atoms with van der Waals surface area (Å²) in [6.07, 6.45) is 0. The van der Waals surface area contributed by atoms with Crippen LogP contribution in [0.4, 0.5) is 4.39 Å². The highest BCUT2D eigenvalue weighted by atomic mass is 127. The van der Waals surface area contributed by atoms with Gasteiger partial charge < -0.3 is 10.0 Å². The zero-order chi connectivity index (χ0) is 13.8. The molecule has 4 nitrogen and oxygen atoms in total. The van der Waals surface area contributed by atoms with Crippen molar-refractivity contribution < 1.29 is 14.3 Å². The second-order valence-corrected chi connectivity index (χ2v) is 5.64. The Morgan fingerprint density at radius 3 is 2.63 bits per heavy atom. The Morgan fingerprint density at radius 2 is 2.00 bits per heavy atom. The van der Waals surface area contributed by atoms with Crippen molar-refractivity contribution in [2.75, 3.05) is 39.3 Å². The van der Waals surface area contributed by atoms with Crippen molar-refractivity contribution in [1.82, 2.24) is 9.80 Å². The Morgan fingerprint density at radius 1 is 1.32 bits per heavy atom. The van der Waals surface area contributed by atoms with E-state index in [0.29, 0.717) is 25.2 Å². The number of hydrogen-bond acceptors (Lipinski definition) is 3. The number of amides is 1. The number of aliphatic hydroxyl groups is 1. The predicted octanol–water partition coefficient (Wildman–Crippen LogP) is 1.18. The van der Waals surface area contributed by atoms with Gasteiger partial charge in [-0.1, -0.05) is 0 Å². The Kier molecular flexibility index (Phi) is 5.12. The summed E-state index contributed by atoms with van der Waals surface area (Å²) in [5.41, 5.74) is 0.427. The summed E-state index contributed by atoms with van der Waals surface area (Å²) in [6, 6.07) is 4.27. The summed E-state index contributed by atoms with van der Waals surface area (Å²) >= 11 is 2.05. The molecule has 1 fully saturated rings. The van der Waals surface area contributed by atoms with Gasteiger partial charge in [0.2, 0.25) is 0 Å². The molecule has 0 bridgehead atoms. The second kappa shape index (κ2) is 6.62. The molecule has 1 heterocycles. The summed E-state index contributed by atoms with van der Waals surface area (Å²) in [5.74, 6) is -0.504. The van der Waals surface area contributed by atoms with Crippen LogP contribution in [-0.4, -0.2) is 60.1 Å². The van der Waals surface area contributed by atoms with Gasteiger partial charge in [0, 0.05) is 36.3 Å². The first-order valence-electron chi connectivity index (χ1n) is 6.19. The molecule has 1 aromatic rings. The van der Waals surface area contributed by atoms with Gasteiger partial charge in [-0.15, -0.1) is 0 Å². The topological polar surface area (TPSA) is 43.8 Å². The first kappa shape index (κ1) is 14.7. The van der Waals surface area contributed by atoms with E-state index < -0.39 is 0 Å². The fraction of sp³-hybridized carbons (Fsp3) is 0.462. The minimum atomic E-state index is -0.386. The third-order valence-electron chi connectivity index (χ3n) is 3.23. The lowest BCUT2D eigenvalue weighted by Crippen LogP contribution is -2.49. The van der Waals surface area contributed by atoms with Crippen LogP contribution >= 0.6 is 22.6 Å². The summed E-state index contributed by atoms with van der Waals surface area (Å²) in [6.45, 7) is 3.50. The Bertz CT molecular complexity index is 462. The maximum Gasteiger partial charge on any atom is 0.255 e. The van der Waals surface area contributed by atoms with Gasteiger partial charge in [-0.2, -0.15) is 0 Å². The largest absolute Gasteiger partial charge is 0.395 e. The predicted molar refractivity (Wildman–Crippen MR) is 78.5 cm³/mol. The molecule has 2 rings (SSSR count). The summed E-state index contributed by atoms with van der Waals surface area (Å²) < 4.78 is 14.0. The maximum atomic E-state index is 13.2. The van der Waals surface area contributed by atoms with Crippen molar-refractivity contribution in [3.63, 3.8) is 0 Å². The van der Waals surface area contributed by atoms with Crippen molar-refractivity contribution in [2.45, 2.75) is 0 Å². The van der Waals surface area contributed by atoms with Crippen LogP contribution in [0.5, 0.6) is 0 Å². The molecule has 0 aliphatic carbocycles. The van der Waals surface area contributed by atoms with Crippen LogP contribution in [-0.2, 0) is 0 Å². The quantitative estimate of drug-likeness (QED) is 0.804. The molecule has 0 aromatic heterocycles. The van der Waals surface area contributed by atoms with Gasteiger partial charge in [-0.25, -0.2) is 4.39 Å². The SMILES string of the molecule is O=C(c1cc(F)ccc1I)N1CCN(CCO)CC1. The fourth-order valence-electron chi connectivity index (χ4n) is 2.15. The average Bonchev–Trinajstić information content (AvgIpc) is 2.42. The molecule has 0 atom stereocenters. The van der Waals surface area contributed by atoms with Gasteiger partial charge in [0.25, 0.3) is 5.91 Å². The normalized spacial score (nSPS) is 16.7. The van der Waals surface area contributed by atoms with E-state index in [-0.39, 0.29) is 18.3 Å². The van der Waals surface area contributed by atoms with E-state index in [1.54, 1.807) is 11.0 Å². The lowest BCUT2D eigenvalue weighted by Gasteiger charge is -2.34. The molecule has 19 heavy (non-hydrogen) atoms. The number of hydrogen-bond donors (Lipinski definition) is 1. The van der Waals surface area contributed by atoms with Crippen LogP contribution in [0.3, 0.4) is 0 Å². The molecule has 1 saturated heterocycles. The van der Waals surface area contributed by atoms with Crippen molar-refractivity contribution >= 4 is 28.5 Å². The van der Waals surface area contributed by atoms with Crippen LogP contribution < -0.4 is 0 Å². The number of β-amino-alcohol motifs (C(OH)–C–C–N with tert-alkyl or cyclic N) is 1. The standard InChI is InChI=1S/C13H16FIN2O2/c14-10-1-2-12(15)11(9-10)13(19)17-5-3-16(4-6-17)7-8-18/h1-2,9,18H,3-8H2. The highest BCUT2D eigenvalue weighted by molar-refractivity contribution is 14.1. The summed E-state index contributed by atoms with van der Waals surface area (Å²) in [7, 11) is 0. The van der Waals surface area contributed by atoms with E-state index >= 15 is 0 Å². The molecule has 104 valence electrons. The van der Waals surface area contributed by atoms with E-state index in [1.807, 2.05) is 22.6 Å². The van der Waals surface area contributed by atoms with E-state index in [9.17, 15) is 9.18 Å². The van der Waals surface area contributed by atoms with Gasteiger partial charge in [0.05, 0.1) is 12.2 Å². The molecule has 0 unspecified atom stereocenters. The van der Waals surface area contributed by atoms with Gasteiger partial charge in [0.1, 0.15) is 5.82 Å². The molecule has 1 aliphatic heterocycles. The van der Waals surface area contributed by atoms with E-state index in [4.69, 9.17) is 5.11 Å². The zero-order valence-electron chi connectivity index (χ0n) is 10.5. The molecule has 1 amide bonds. The molecule has 1 N–H and O–H groups in total. The van der Waals surface area contributed by atoms with Gasteiger partial charge in [-0.05, 0) is 40.8 Å². The maximum absolute atomic E-state index is 13.2. The first-order chi connectivity index (χ1) is 9.11. The van der Waals surface area contributed by atoms with Crippen molar-refractivity contribution in [2.24, 2.45) is 0 Å². The molecular weight excluding hydrogens is 362 g/mol. The van der Waals surface area contributed by atoms with Crippen LogP contribution in [0.15, 0.2) is 18.2 Å². The number of carbonyl (C=O) groups is 1. The number of carbonyl (C=O) groups excluding carboxylic acids is 1. The van der Waals surface area contributed by atoms with Crippen molar-refractivity contribution in [3.8, 4) is 0 Å². The van der Waals surface area contributed by atoms with Crippen molar-refractivity contribution in [3.05, 3.63) is 33.1 Å². The number of halogens is 2. The Hall–Kier alpha value is -0.730. The third-order valence-corrected chi connectivity index (χ3v) is 4.18. The molecule has 0 saturated carbocycles. The highest BCUT2D eigenvalue weighted by Crippen LogP contribution is 2.17. The molecule has 0 spiro atoms. The number of nitrogens with zero attached hydrogens (tertiary/aromatic N) is 2. The lowest BCUT2D eigenvalue weighted by atomic mass is 10.1. The average molecular weight is 378 g/mol. The third kappa shape index (κ3) is 3.64. The molecule has 1 aliphatic rings. The minimum Gasteiger partial charge on any atom is -0.395 e. The molecular formula is C13H16FIN2O2. The summed E-state index contributed by atoms with van der Waals surface area (Å²) in [5, 5.41) is 8.87. The fourth-order valence-corrected chi connectivity index (χ4v) is 2.71. The molecule has 0 radical (unpaired) electrons. The van der Waals surface area contributed by atoms with Crippen LogP contribution in [0.25, 0.3) is 0 Å².